The predicted octanol–water partition coefficient (Wildman–Crippen LogP) is 1.32. The number of ether oxygens (including phenoxy) is 1. The van der Waals surface area contributed by atoms with E-state index in [2.05, 4.69) is 15.3 Å². The van der Waals surface area contributed by atoms with E-state index in [0.29, 0.717) is 5.95 Å². The number of rotatable bonds is 6. The minimum absolute atomic E-state index is 0.694. The Morgan fingerprint density at radius 1 is 1.31 bits per heavy atom. The summed E-state index contributed by atoms with van der Waals surface area (Å²) in [6.07, 6.45) is 5.59. The van der Waals surface area contributed by atoms with Crippen molar-refractivity contribution in [2.75, 3.05) is 25.6 Å². The number of hydrogen-bond donors (Lipinski definition) is 1. The summed E-state index contributed by atoms with van der Waals surface area (Å²) in [7, 11) is 1.72. The van der Waals surface area contributed by atoms with Gasteiger partial charge in [0, 0.05) is 32.7 Å². The number of nitrogens with zero attached hydrogens (tertiary/aromatic N) is 2. The van der Waals surface area contributed by atoms with Crippen molar-refractivity contribution in [3.8, 4) is 0 Å². The molecule has 4 nitrogen and oxygen atoms in total. The van der Waals surface area contributed by atoms with Gasteiger partial charge in [-0.15, -0.1) is 0 Å². The highest BCUT2D eigenvalue weighted by molar-refractivity contribution is 5.21. The van der Waals surface area contributed by atoms with Crippen LogP contribution in [0.3, 0.4) is 0 Å². The minimum Gasteiger partial charge on any atom is -0.385 e. The third kappa shape index (κ3) is 4.42. The van der Waals surface area contributed by atoms with Crippen LogP contribution in [0.1, 0.15) is 12.8 Å². The molecule has 0 bridgehead atoms. The van der Waals surface area contributed by atoms with Crippen LogP contribution in [0.5, 0.6) is 0 Å². The fourth-order valence-electron chi connectivity index (χ4n) is 0.962. The summed E-state index contributed by atoms with van der Waals surface area (Å²) in [6.45, 7) is 1.71. The Morgan fingerprint density at radius 2 is 2.08 bits per heavy atom. The van der Waals surface area contributed by atoms with Gasteiger partial charge in [-0.25, -0.2) is 9.97 Å². The number of hydrogen-bond acceptors (Lipinski definition) is 4. The van der Waals surface area contributed by atoms with Gasteiger partial charge in [-0.05, 0) is 18.9 Å². The monoisotopic (exact) mass is 181 g/mol. The summed E-state index contributed by atoms with van der Waals surface area (Å²) in [4.78, 5) is 8.09. The first-order valence-corrected chi connectivity index (χ1v) is 4.43. The van der Waals surface area contributed by atoms with Crippen LogP contribution in [-0.4, -0.2) is 30.2 Å². The van der Waals surface area contributed by atoms with Gasteiger partial charge in [0.05, 0.1) is 0 Å². The van der Waals surface area contributed by atoms with Gasteiger partial charge < -0.3 is 10.1 Å². The molecular formula is C9H15N3O. The molecule has 72 valence electrons. The lowest BCUT2D eigenvalue weighted by Gasteiger charge is -2.02. The number of anilines is 1. The summed E-state index contributed by atoms with van der Waals surface area (Å²) in [5, 5.41) is 3.13. The molecule has 0 saturated heterocycles. The maximum Gasteiger partial charge on any atom is 0.222 e. The van der Waals surface area contributed by atoms with E-state index in [1.54, 1.807) is 25.6 Å². The highest BCUT2D eigenvalue weighted by Crippen LogP contribution is 1.95. The summed E-state index contributed by atoms with van der Waals surface area (Å²) >= 11 is 0. The summed E-state index contributed by atoms with van der Waals surface area (Å²) in [5.41, 5.74) is 0. The Kier molecular flexibility index (Phi) is 4.86. The lowest BCUT2D eigenvalue weighted by Crippen LogP contribution is -2.05. The second kappa shape index (κ2) is 6.37. The molecule has 0 aliphatic heterocycles. The summed E-state index contributed by atoms with van der Waals surface area (Å²) < 4.78 is 4.94. The van der Waals surface area contributed by atoms with Gasteiger partial charge in [0.25, 0.3) is 0 Å². The lowest BCUT2D eigenvalue weighted by molar-refractivity contribution is 0.193. The standard InChI is InChI=1S/C9H15N3O/c1-13-8-3-2-5-10-9-11-6-4-7-12-9/h4,6-7H,2-3,5,8H2,1H3,(H,10,11,12). The van der Waals surface area contributed by atoms with Crippen LogP contribution >= 0.6 is 0 Å². The molecule has 4 heteroatoms. The molecule has 13 heavy (non-hydrogen) atoms. The molecule has 0 atom stereocenters. The van der Waals surface area contributed by atoms with E-state index in [1.807, 2.05) is 0 Å². The fraction of sp³-hybridized carbons (Fsp3) is 0.556. The van der Waals surface area contributed by atoms with Crippen LogP contribution in [0.25, 0.3) is 0 Å². The summed E-state index contributed by atoms with van der Waals surface area (Å²) in [6, 6.07) is 1.80. The number of nitrogens with one attached hydrogen (secondary N) is 1. The SMILES string of the molecule is COCCCCNc1ncccn1. The van der Waals surface area contributed by atoms with Crippen LogP contribution in [0.4, 0.5) is 5.95 Å². The van der Waals surface area contributed by atoms with E-state index in [-0.39, 0.29) is 0 Å². The third-order valence-corrected chi connectivity index (χ3v) is 1.62. The topological polar surface area (TPSA) is 47.0 Å². The van der Waals surface area contributed by atoms with Crippen LogP contribution < -0.4 is 5.32 Å². The van der Waals surface area contributed by atoms with E-state index in [0.717, 1.165) is 26.0 Å². The Hall–Kier alpha value is -1.16. The van der Waals surface area contributed by atoms with Crippen molar-refractivity contribution in [2.24, 2.45) is 0 Å². The van der Waals surface area contributed by atoms with E-state index in [1.165, 1.54) is 0 Å². The smallest absolute Gasteiger partial charge is 0.222 e. The van der Waals surface area contributed by atoms with Crippen molar-refractivity contribution in [1.82, 2.24) is 9.97 Å². The molecule has 0 amide bonds. The Labute approximate surface area is 78.4 Å². The molecule has 1 N–H and O–H groups in total. The molecular weight excluding hydrogens is 166 g/mol. The van der Waals surface area contributed by atoms with Crippen LogP contribution in [0.2, 0.25) is 0 Å². The van der Waals surface area contributed by atoms with Crippen LogP contribution in [0.15, 0.2) is 18.5 Å². The van der Waals surface area contributed by atoms with Crippen molar-refractivity contribution >= 4 is 5.95 Å². The van der Waals surface area contributed by atoms with Crippen LogP contribution in [-0.2, 0) is 4.74 Å². The Morgan fingerprint density at radius 3 is 2.77 bits per heavy atom. The van der Waals surface area contributed by atoms with Gasteiger partial charge in [0.2, 0.25) is 5.95 Å². The molecule has 0 radical (unpaired) electrons. The maximum atomic E-state index is 4.94. The zero-order chi connectivity index (χ0) is 9.36. The molecule has 0 aromatic carbocycles. The highest BCUT2D eigenvalue weighted by atomic mass is 16.5. The van der Waals surface area contributed by atoms with Gasteiger partial charge in [0.1, 0.15) is 0 Å². The zero-order valence-corrected chi connectivity index (χ0v) is 7.86. The van der Waals surface area contributed by atoms with Crippen molar-refractivity contribution < 1.29 is 4.74 Å². The summed E-state index contributed by atoms with van der Waals surface area (Å²) in [5.74, 6) is 0.694. The molecule has 0 aliphatic rings. The first-order valence-electron chi connectivity index (χ1n) is 4.43. The predicted molar refractivity (Wildman–Crippen MR) is 51.6 cm³/mol. The molecule has 0 fully saturated rings. The van der Waals surface area contributed by atoms with Gasteiger partial charge in [-0.2, -0.15) is 0 Å². The van der Waals surface area contributed by atoms with E-state index in [4.69, 9.17) is 4.74 Å². The second-order valence-electron chi connectivity index (χ2n) is 2.70. The van der Waals surface area contributed by atoms with Gasteiger partial charge in [-0.3, -0.25) is 0 Å². The van der Waals surface area contributed by atoms with Gasteiger partial charge >= 0.3 is 0 Å². The van der Waals surface area contributed by atoms with Crippen molar-refractivity contribution in [1.29, 1.82) is 0 Å². The molecule has 1 heterocycles. The molecule has 0 unspecified atom stereocenters. The largest absolute Gasteiger partial charge is 0.385 e. The molecule has 1 aromatic rings. The van der Waals surface area contributed by atoms with Crippen LogP contribution in [0, 0.1) is 0 Å². The maximum absolute atomic E-state index is 4.94. The first-order chi connectivity index (χ1) is 6.43. The highest BCUT2D eigenvalue weighted by Gasteiger charge is 1.91. The van der Waals surface area contributed by atoms with E-state index in [9.17, 15) is 0 Å². The quantitative estimate of drug-likeness (QED) is 0.672. The average Bonchev–Trinajstić information content (AvgIpc) is 2.19. The fourth-order valence-corrected chi connectivity index (χ4v) is 0.962. The third-order valence-electron chi connectivity index (χ3n) is 1.62. The average molecular weight is 181 g/mol. The number of unbranched alkanes of at least 4 members (excludes halogenated alkanes) is 1. The molecule has 0 aliphatic carbocycles. The van der Waals surface area contributed by atoms with E-state index >= 15 is 0 Å². The molecule has 0 saturated carbocycles. The first kappa shape index (κ1) is 9.92. The normalized spacial score (nSPS) is 9.92. The second-order valence-corrected chi connectivity index (χ2v) is 2.70. The number of aromatic nitrogens is 2. The number of methoxy groups -OCH3 is 1. The lowest BCUT2D eigenvalue weighted by atomic mass is 10.3. The molecule has 0 spiro atoms. The van der Waals surface area contributed by atoms with Crippen molar-refractivity contribution in [3.63, 3.8) is 0 Å². The minimum atomic E-state index is 0.694. The zero-order valence-electron chi connectivity index (χ0n) is 7.86. The Balaban J connectivity index is 2.07. The van der Waals surface area contributed by atoms with Gasteiger partial charge in [0.15, 0.2) is 0 Å². The van der Waals surface area contributed by atoms with Gasteiger partial charge in [-0.1, -0.05) is 0 Å². The van der Waals surface area contributed by atoms with E-state index < -0.39 is 0 Å². The molecule has 1 aromatic heterocycles. The van der Waals surface area contributed by atoms with Crippen molar-refractivity contribution in [3.05, 3.63) is 18.5 Å². The van der Waals surface area contributed by atoms with Crippen molar-refractivity contribution in [2.45, 2.75) is 12.8 Å². The molecule has 1 rings (SSSR count). The Bertz CT molecular complexity index is 215.